The van der Waals surface area contributed by atoms with Gasteiger partial charge in [0.1, 0.15) is 40.8 Å². The largest absolute Gasteiger partial charge is 0.487 e. The van der Waals surface area contributed by atoms with Gasteiger partial charge < -0.3 is 20.5 Å². The smallest absolute Gasteiger partial charge is 0.411 e. The fourth-order valence-corrected chi connectivity index (χ4v) is 5.41. The number of benzene rings is 2. The maximum Gasteiger partial charge on any atom is 0.411 e. The van der Waals surface area contributed by atoms with Crippen LogP contribution in [0.5, 0.6) is 5.75 Å². The molecule has 1 aliphatic heterocycles. The second-order valence-electron chi connectivity index (χ2n) is 10.7. The molecule has 0 spiro atoms. The predicted octanol–water partition coefficient (Wildman–Crippen LogP) is 6.49. The molecule has 0 saturated carbocycles. The Morgan fingerprint density at radius 2 is 2.07 bits per heavy atom. The minimum Gasteiger partial charge on any atom is -0.487 e. The number of hydrogen-bond acceptors (Lipinski definition) is 8. The SMILES string of the molecule is CC(C)(C)OC(=O)N1C[C@H](N)C[C@@H]1C#Cc1cc2c(Nc3ccc(OCc4cccc(F)c4)c(Cl)c3)ncnc2s1. The molecule has 3 heterocycles. The van der Waals surface area contributed by atoms with E-state index in [1.54, 1.807) is 29.2 Å². The summed E-state index contributed by atoms with van der Waals surface area (Å²) in [5, 5.41) is 4.49. The van der Waals surface area contributed by atoms with E-state index >= 15 is 0 Å². The van der Waals surface area contributed by atoms with Gasteiger partial charge in [0.15, 0.2) is 0 Å². The van der Waals surface area contributed by atoms with E-state index in [1.165, 1.54) is 29.8 Å². The zero-order valence-corrected chi connectivity index (χ0v) is 24.4. The molecule has 2 aromatic carbocycles. The molecule has 0 bridgehead atoms. The Morgan fingerprint density at radius 3 is 2.83 bits per heavy atom. The molecule has 3 N–H and O–H groups in total. The number of hydrogen-bond donors (Lipinski definition) is 2. The van der Waals surface area contributed by atoms with Crippen LogP contribution in [0, 0.1) is 17.7 Å². The van der Waals surface area contributed by atoms with Crippen LogP contribution in [0.2, 0.25) is 5.02 Å². The van der Waals surface area contributed by atoms with Crippen molar-refractivity contribution in [3.63, 3.8) is 0 Å². The average molecular weight is 594 g/mol. The van der Waals surface area contributed by atoms with E-state index in [4.69, 9.17) is 26.8 Å². The highest BCUT2D eigenvalue weighted by Crippen LogP contribution is 2.33. The lowest BCUT2D eigenvalue weighted by Crippen LogP contribution is -2.40. The van der Waals surface area contributed by atoms with Crippen LogP contribution in [0.4, 0.5) is 20.7 Å². The van der Waals surface area contributed by atoms with Crippen LogP contribution in [-0.4, -0.2) is 45.2 Å². The highest BCUT2D eigenvalue weighted by atomic mass is 35.5. The van der Waals surface area contributed by atoms with Crippen molar-refractivity contribution in [1.82, 2.24) is 14.9 Å². The Morgan fingerprint density at radius 1 is 1.24 bits per heavy atom. The number of carbonyl (C=O) groups is 1. The number of rotatable bonds is 5. The number of anilines is 2. The minimum absolute atomic E-state index is 0.157. The first kappa shape index (κ1) is 28.6. The van der Waals surface area contributed by atoms with Crippen molar-refractivity contribution in [2.45, 2.75) is 51.5 Å². The second-order valence-corrected chi connectivity index (χ2v) is 12.1. The zero-order chi connectivity index (χ0) is 29.1. The van der Waals surface area contributed by atoms with Crippen molar-refractivity contribution in [1.29, 1.82) is 0 Å². The molecule has 0 unspecified atom stereocenters. The van der Waals surface area contributed by atoms with Gasteiger partial charge in [0, 0.05) is 18.3 Å². The van der Waals surface area contributed by atoms with Crippen LogP contribution in [0.25, 0.3) is 10.2 Å². The van der Waals surface area contributed by atoms with Crippen molar-refractivity contribution in [2.75, 3.05) is 11.9 Å². The topological polar surface area (TPSA) is 103 Å². The second kappa shape index (κ2) is 11.9. The van der Waals surface area contributed by atoms with Crippen LogP contribution in [0.3, 0.4) is 0 Å². The Balaban J connectivity index is 1.30. The lowest BCUT2D eigenvalue weighted by molar-refractivity contribution is 0.0259. The minimum atomic E-state index is -0.601. The van der Waals surface area contributed by atoms with Gasteiger partial charge in [-0.25, -0.2) is 19.2 Å². The van der Waals surface area contributed by atoms with E-state index in [-0.39, 0.29) is 24.5 Å². The van der Waals surface area contributed by atoms with E-state index in [2.05, 4.69) is 27.1 Å². The van der Waals surface area contributed by atoms with Gasteiger partial charge in [-0.2, -0.15) is 0 Å². The summed E-state index contributed by atoms with van der Waals surface area (Å²) >= 11 is 7.90. The molecule has 11 heteroatoms. The molecule has 8 nitrogen and oxygen atoms in total. The van der Waals surface area contributed by atoms with Crippen LogP contribution in [0.1, 0.15) is 37.6 Å². The number of carbonyl (C=O) groups excluding carboxylic acids is 1. The average Bonchev–Trinajstić information content (AvgIpc) is 3.49. The molecule has 4 aromatic rings. The monoisotopic (exact) mass is 593 g/mol. The number of nitrogens with zero attached hydrogens (tertiary/aromatic N) is 3. The summed E-state index contributed by atoms with van der Waals surface area (Å²) in [6.45, 7) is 6.08. The number of nitrogens with one attached hydrogen (secondary N) is 1. The molecular weight excluding hydrogens is 565 g/mol. The van der Waals surface area contributed by atoms with Gasteiger partial charge in [-0.15, -0.1) is 11.3 Å². The third kappa shape index (κ3) is 7.24. The van der Waals surface area contributed by atoms with Gasteiger partial charge in [-0.3, -0.25) is 4.90 Å². The fraction of sp³-hybridized carbons (Fsp3) is 0.300. The highest BCUT2D eigenvalue weighted by molar-refractivity contribution is 7.19. The lowest BCUT2D eigenvalue weighted by atomic mass is 10.2. The Labute approximate surface area is 246 Å². The molecule has 5 rings (SSSR count). The Hall–Kier alpha value is -3.91. The summed E-state index contributed by atoms with van der Waals surface area (Å²) in [5.41, 5.74) is 6.95. The van der Waals surface area contributed by atoms with Gasteiger partial charge >= 0.3 is 6.09 Å². The summed E-state index contributed by atoms with van der Waals surface area (Å²) in [6, 6.07) is 12.9. The van der Waals surface area contributed by atoms with Crippen molar-refractivity contribution in [2.24, 2.45) is 5.73 Å². The molecule has 1 aliphatic rings. The quantitative estimate of drug-likeness (QED) is 0.255. The van der Waals surface area contributed by atoms with Crippen molar-refractivity contribution in [3.8, 4) is 17.6 Å². The predicted molar refractivity (Wildman–Crippen MR) is 159 cm³/mol. The van der Waals surface area contributed by atoms with Crippen molar-refractivity contribution < 1.29 is 18.7 Å². The molecule has 212 valence electrons. The number of nitrogens with two attached hydrogens (primary N) is 1. The maximum absolute atomic E-state index is 13.4. The molecule has 1 saturated heterocycles. The normalized spacial score (nSPS) is 16.8. The van der Waals surface area contributed by atoms with Gasteiger partial charge in [0.25, 0.3) is 0 Å². The first-order chi connectivity index (χ1) is 19.5. The molecule has 2 aromatic heterocycles. The van der Waals surface area contributed by atoms with Gasteiger partial charge in [-0.1, -0.05) is 35.6 Å². The van der Waals surface area contributed by atoms with Crippen LogP contribution in [0.15, 0.2) is 54.9 Å². The first-order valence-electron chi connectivity index (χ1n) is 13.0. The number of halogens is 2. The number of fused-ring (bicyclic) bond motifs is 1. The van der Waals surface area contributed by atoms with Crippen molar-refractivity contribution >= 4 is 50.8 Å². The number of amides is 1. The van der Waals surface area contributed by atoms with Crippen molar-refractivity contribution in [3.05, 3.63) is 76.1 Å². The molecule has 0 radical (unpaired) electrons. The third-order valence-corrected chi connectivity index (χ3v) is 7.38. The summed E-state index contributed by atoms with van der Waals surface area (Å²) in [6.07, 6.45) is 1.64. The number of ether oxygens (including phenoxy) is 2. The van der Waals surface area contributed by atoms with E-state index in [0.29, 0.717) is 40.8 Å². The van der Waals surface area contributed by atoms with Gasteiger partial charge in [-0.05, 0) is 69.2 Å². The Kier molecular flexibility index (Phi) is 8.31. The molecule has 0 aliphatic carbocycles. The van der Waals surface area contributed by atoms with Crippen LogP contribution < -0.4 is 15.8 Å². The Bertz CT molecular complexity index is 1640. The summed E-state index contributed by atoms with van der Waals surface area (Å²) in [5.74, 6) is 7.15. The highest BCUT2D eigenvalue weighted by Gasteiger charge is 2.35. The molecular formula is C30H29ClFN5O3S. The number of likely N-dealkylation sites (tertiary alicyclic amines) is 1. The number of aromatic nitrogens is 2. The molecule has 1 amide bonds. The van der Waals surface area contributed by atoms with Gasteiger partial charge in [0.05, 0.1) is 21.3 Å². The summed E-state index contributed by atoms with van der Waals surface area (Å²) in [4.78, 5) is 24.6. The van der Waals surface area contributed by atoms with E-state index in [1.807, 2.05) is 32.9 Å². The fourth-order valence-electron chi connectivity index (χ4n) is 4.32. The van der Waals surface area contributed by atoms with Crippen LogP contribution in [-0.2, 0) is 11.3 Å². The summed E-state index contributed by atoms with van der Waals surface area (Å²) in [7, 11) is 0. The maximum atomic E-state index is 13.4. The molecule has 2 atom stereocenters. The van der Waals surface area contributed by atoms with Crippen LogP contribution >= 0.6 is 22.9 Å². The van der Waals surface area contributed by atoms with E-state index < -0.39 is 11.7 Å². The standard InChI is InChI=1S/C30H29ClFN5O3S/c1-30(2,3)40-29(38)37-15-20(33)12-22(37)8-9-23-14-24-27(34-17-35-28(24)41-23)36-21-7-10-26(25(31)13-21)39-16-18-5-4-6-19(32)11-18/h4-7,10-11,13-14,17,20,22H,12,15-16,33H2,1-3H3,(H,34,35,36)/t20-,22+/m1/s1. The molecule has 41 heavy (non-hydrogen) atoms. The lowest BCUT2D eigenvalue weighted by Gasteiger charge is -2.26. The third-order valence-electron chi connectivity index (χ3n) is 6.13. The summed E-state index contributed by atoms with van der Waals surface area (Å²) < 4.78 is 24.7. The zero-order valence-electron chi connectivity index (χ0n) is 22.8. The molecule has 1 fully saturated rings. The number of thiophene rings is 1. The van der Waals surface area contributed by atoms with Gasteiger partial charge in [0.2, 0.25) is 0 Å². The van der Waals surface area contributed by atoms with E-state index in [9.17, 15) is 9.18 Å². The first-order valence-corrected chi connectivity index (χ1v) is 14.2. The van der Waals surface area contributed by atoms with E-state index in [0.717, 1.165) is 15.1 Å².